The fourth-order valence-corrected chi connectivity index (χ4v) is 1.94. The predicted molar refractivity (Wildman–Crippen MR) is 71.0 cm³/mol. The van der Waals surface area contributed by atoms with E-state index in [0.29, 0.717) is 11.4 Å². The summed E-state index contributed by atoms with van der Waals surface area (Å²) in [6, 6.07) is 15.6. The minimum absolute atomic E-state index is 0.703. The SMILES string of the molecule is Sc1cccc2c(Nc3ccccc3)noc12. The first-order chi connectivity index (χ1) is 8.34. The molecule has 1 aromatic heterocycles. The molecule has 2 aromatic carbocycles. The number of nitrogens with one attached hydrogen (secondary N) is 1. The molecule has 1 N–H and O–H groups in total. The van der Waals surface area contributed by atoms with Gasteiger partial charge in [0.1, 0.15) is 0 Å². The van der Waals surface area contributed by atoms with Crippen LogP contribution in [-0.2, 0) is 0 Å². The minimum atomic E-state index is 0.703. The number of hydrogen-bond acceptors (Lipinski definition) is 4. The van der Waals surface area contributed by atoms with E-state index in [1.165, 1.54) is 0 Å². The lowest BCUT2D eigenvalue weighted by molar-refractivity contribution is 0.455. The number of aromatic nitrogens is 1. The van der Waals surface area contributed by atoms with Gasteiger partial charge in [-0.25, -0.2) is 0 Å². The highest BCUT2D eigenvalue weighted by Crippen LogP contribution is 2.29. The molecular weight excluding hydrogens is 232 g/mol. The standard InChI is InChI=1S/C13H10N2OS/c17-11-8-4-7-10-12(11)16-15-13(10)14-9-5-2-1-3-6-9/h1-8,17H,(H,14,15). The number of fused-ring (bicyclic) bond motifs is 1. The molecule has 0 bridgehead atoms. The second-order valence-electron chi connectivity index (χ2n) is 3.68. The van der Waals surface area contributed by atoms with Crippen LogP contribution in [0.15, 0.2) is 57.9 Å². The molecule has 0 aliphatic heterocycles. The molecular formula is C13H10N2OS. The van der Waals surface area contributed by atoms with E-state index < -0.39 is 0 Å². The molecule has 0 aliphatic rings. The van der Waals surface area contributed by atoms with E-state index in [0.717, 1.165) is 16.0 Å². The van der Waals surface area contributed by atoms with Gasteiger partial charge in [0, 0.05) is 5.69 Å². The van der Waals surface area contributed by atoms with E-state index in [-0.39, 0.29) is 0 Å². The zero-order valence-corrected chi connectivity index (χ0v) is 9.82. The van der Waals surface area contributed by atoms with E-state index in [2.05, 4.69) is 23.1 Å². The van der Waals surface area contributed by atoms with Crippen LogP contribution in [0.3, 0.4) is 0 Å². The molecule has 0 aliphatic carbocycles. The Morgan fingerprint density at radius 1 is 1.00 bits per heavy atom. The summed E-state index contributed by atoms with van der Waals surface area (Å²) in [7, 11) is 0. The number of anilines is 2. The van der Waals surface area contributed by atoms with Crippen molar-refractivity contribution in [1.29, 1.82) is 0 Å². The summed E-state index contributed by atoms with van der Waals surface area (Å²) in [6.45, 7) is 0. The lowest BCUT2D eigenvalue weighted by atomic mass is 10.2. The summed E-state index contributed by atoms with van der Waals surface area (Å²) < 4.78 is 5.26. The van der Waals surface area contributed by atoms with E-state index in [9.17, 15) is 0 Å². The van der Waals surface area contributed by atoms with E-state index in [1.54, 1.807) is 0 Å². The van der Waals surface area contributed by atoms with Crippen molar-refractivity contribution >= 4 is 35.1 Å². The van der Waals surface area contributed by atoms with Gasteiger partial charge >= 0.3 is 0 Å². The van der Waals surface area contributed by atoms with Gasteiger partial charge < -0.3 is 9.84 Å². The van der Waals surface area contributed by atoms with Crippen molar-refractivity contribution in [2.24, 2.45) is 0 Å². The molecule has 3 rings (SSSR count). The van der Waals surface area contributed by atoms with Crippen LogP contribution in [-0.4, -0.2) is 5.16 Å². The van der Waals surface area contributed by atoms with Crippen molar-refractivity contribution in [2.45, 2.75) is 4.90 Å². The Hall–Kier alpha value is -1.94. The van der Waals surface area contributed by atoms with Crippen LogP contribution in [0.25, 0.3) is 11.0 Å². The number of hydrogen-bond donors (Lipinski definition) is 2. The van der Waals surface area contributed by atoms with Crippen LogP contribution < -0.4 is 5.32 Å². The molecule has 0 saturated carbocycles. The molecule has 17 heavy (non-hydrogen) atoms. The Balaban J connectivity index is 2.05. The van der Waals surface area contributed by atoms with E-state index >= 15 is 0 Å². The van der Waals surface area contributed by atoms with Gasteiger partial charge in [-0.2, -0.15) is 0 Å². The second-order valence-corrected chi connectivity index (χ2v) is 4.16. The summed E-state index contributed by atoms with van der Waals surface area (Å²) in [5.41, 5.74) is 1.68. The Kier molecular flexibility index (Phi) is 2.49. The molecule has 84 valence electrons. The number of benzene rings is 2. The summed E-state index contributed by atoms with van der Waals surface area (Å²) >= 11 is 4.33. The first kappa shape index (κ1) is 10.2. The summed E-state index contributed by atoms with van der Waals surface area (Å²) in [5.74, 6) is 0.710. The van der Waals surface area contributed by atoms with E-state index in [1.807, 2.05) is 48.5 Å². The Morgan fingerprint density at radius 3 is 2.65 bits per heavy atom. The third-order valence-corrected chi connectivity index (χ3v) is 2.87. The highest BCUT2D eigenvalue weighted by Gasteiger charge is 2.09. The van der Waals surface area contributed by atoms with Crippen LogP contribution in [0.2, 0.25) is 0 Å². The molecule has 0 amide bonds. The third kappa shape index (κ3) is 1.87. The fraction of sp³-hybridized carbons (Fsp3) is 0. The maximum Gasteiger partial charge on any atom is 0.182 e. The van der Waals surface area contributed by atoms with Crippen LogP contribution in [0.1, 0.15) is 0 Å². The average Bonchev–Trinajstić information content (AvgIpc) is 2.76. The van der Waals surface area contributed by atoms with Crippen molar-refractivity contribution in [3.63, 3.8) is 0 Å². The van der Waals surface area contributed by atoms with Crippen molar-refractivity contribution in [1.82, 2.24) is 5.16 Å². The van der Waals surface area contributed by atoms with Gasteiger partial charge in [0.25, 0.3) is 0 Å². The number of nitrogens with zero attached hydrogens (tertiary/aromatic N) is 1. The normalized spacial score (nSPS) is 10.6. The quantitative estimate of drug-likeness (QED) is 0.670. The number of para-hydroxylation sites is 2. The minimum Gasteiger partial charge on any atom is -0.353 e. The van der Waals surface area contributed by atoms with Crippen molar-refractivity contribution in [2.75, 3.05) is 5.32 Å². The van der Waals surface area contributed by atoms with Gasteiger partial charge in [-0.3, -0.25) is 0 Å². The maximum absolute atomic E-state index is 5.26. The van der Waals surface area contributed by atoms with Crippen LogP contribution in [0.5, 0.6) is 0 Å². The van der Waals surface area contributed by atoms with Crippen molar-refractivity contribution < 1.29 is 4.52 Å². The zero-order valence-electron chi connectivity index (χ0n) is 8.92. The Labute approximate surface area is 104 Å². The molecule has 0 spiro atoms. The smallest absolute Gasteiger partial charge is 0.182 e. The molecule has 0 atom stereocenters. The Bertz CT molecular complexity index is 649. The molecule has 0 fully saturated rings. The Morgan fingerprint density at radius 2 is 1.82 bits per heavy atom. The molecule has 3 nitrogen and oxygen atoms in total. The maximum atomic E-state index is 5.26. The topological polar surface area (TPSA) is 38.1 Å². The van der Waals surface area contributed by atoms with E-state index in [4.69, 9.17) is 4.52 Å². The van der Waals surface area contributed by atoms with Gasteiger partial charge in [-0.15, -0.1) is 12.6 Å². The monoisotopic (exact) mass is 242 g/mol. The highest BCUT2D eigenvalue weighted by atomic mass is 32.1. The van der Waals surface area contributed by atoms with Crippen molar-refractivity contribution in [3.8, 4) is 0 Å². The first-order valence-electron chi connectivity index (χ1n) is 5.24. The van der Waals surface area contributed by atoms with Gasteiger partial charge in [-0.1, -0.05) is 29.4 Å². The zero-order chi connectivity index (χ0) is 11.7. The summed E-state index contributed by atoms with van der Waals surface area (Å²) in [6.07, 6.45) is 0. The van der Waals surface area contributed by atoms with Gasteiger partial charge in [0.15, 0.2) is 11.4 Å². The van der Waals surface area contributed by atoms with Crippen LogP contribution >= 0.6 is 12.6 Å². The number of rotatable bonds is 2. The number of thiol groups is 1. The first-order valence-corrected chi connectivity index (χ1v) is 5.69. The molecule has 0 unspecified atom stereocenters. The van der Waals surface area contributed by atoms with Crippen molar-refractivity contribution in [3.05, 3.63) is 48.5 Å². The second kappa shape index (κ2) is 4.14. The van der Waals surface area contributed by atoms with Gasteiger partial charge in [-0.05, 0) is 24.3 Å². The van der Waals surface area contributed by atoms with Gasteiger partial charge in [0.05, 0.1) is 10.3 Å². The molecule has 0 saturated heterocycles. The molecule has 3 aromatic rings. The average molecular weight is 242 g/mol. The largest absolute Gasteiger partial charge is 0.353 e. The molecule has 0 radical (unpaired) electrons. The third-order valence-electron chi connectivity index (χ3n) is 2.51. The fourth-order valence-electron chi connectivity index (χ4n) is 1.70. The van der Waals surface area contributed by atoms with Crippen LogP contribution in [0, 0.1) is 0 Å². The highest BCUT2D eigenvalue weighted by molar-refractivity contribution is 7.80. The lowest BCUT2D eigenvalue weighted by Crippen LogP contribution is -1.89. The van der Waals surface area contributed by atoms with Gasteiger partial charge in [0.2, 0.25) is 0 Å². The molecule has 1 heterocycles. The van der Waals surface area contributed by atoms with Crippen LogP contribution in [0.4, 0.5) is 11.5 Å². The predicted octanol–water partition coefficient (Wildman–Crippen LogP) is 3.86. The lowest BCUT2D eigenvalue weighted by Gasteiger charge is -2.01. The summed E-state index contributed by atoms with van der Waals surface area (Å²) in [4.78, 5) is 0.788. The molecule has 4 heteroatoms. The summed E-state index contributed by atoms with van der Waals surface area (Å²) in [5, 5.41) is 8.16.